The fraction of sp³-hybridized carbons (Fsp3) is 0.636. The van der Waals surface area contributed by atoms with Crippen LogP contribution in [0.5, 0.6) is 0 Å². The number of amides is 2. The van der Waals surface area contributed by atoms with E-state index in [1.807, 2.05) is 6.92 Å². The molecule has 0 unspecified atom stereocenters. The molecule has 0 saturated carbocycles. The van der Waals surface area contributed by atoms with E-state index in [-0.39, 0.29) is 18.4 Å². The highest BCUT2D eigenvalue weighted by Crippen LogP contribution is 2.18. The van der Waals surface area contributed by atoms with E-state index in [2.05, 4.69) is 15.5 Å². The highest BCUT2D eigenvalue weighted by atomic mass is 32.1. The number of aryl methyl sites for hydroxylation is 1. The highest BCUT2D eigenvalue weighted by molar-refractivity contribution is 7.15. The number of hydrogen-bond donors (Lipinski definition) is 1. The second kappa shape index (κ2) is 5.43. The lowest BCUT2D eigenvalue weighted by Crippen LogP contribution is -2.42. The van der Waals surface area contributed by atoms with E-state index in [1.54, 1.807) is 27.8 Å². The first-order valence-electron chi connectivity index (χ1n) is 5.57. The van der Waals surface area contributed by atoms with Gasteiger partial charge in [-0.1, -0.05) is 32.1 Å². The molecule has 6 nitrogen and oxygen atoms in total. The van der Waals surface area contributed by atoms with Crippen LogP contribution in [0.1, 0.15) is 25.8 Å². The molecular weight excluding hydrogens is 252 g/mol. The van der Waals surface area contributed by atoms with Gasteiger partial charge in [0.05, 0.1) is 6.54 Å². The van der Waals surface area contributed by atoms with E-state index in [1.165, 1.54) is 16.2 Å². The van der Waals surface area contributed by atoms with Gasteiger partial charge in [0.15, 0.2) is 0 Å². The van der Waals surface area contributed by atoms with Crippen molar-refractivity contribution in [2.45, 2.75) is 27.7 Å². The third-order valence-electron chi connectivity index (χ3n) is 2.26. The van der Waals surface area contributed by atoms with Gasteiger partial charge < -0.3 is 5.32 Å². The molecule has 0 aromatic carbocycles. The minimum absolute atomic E-state index is 0.0365. The van der Waals surface area contributed by atoms with Crippen LogP contribution in [0.2, 0.25) is 0 Å². The van der Waals surface area contributed by atoms with Gasteiger partial charge in [-0.15, -0.1) is 10.2 Å². The average molecular weight is 270 g/mol. The standard InChI is InChI=1S/C11H18N4O2S/c1-7-13-14-10(18-7)15(5)8(16)6-12-9(17)11(2,3)4/h6H2,1-5H3,(H,12,17). The van der Waals surface area contributed by atoms with E-state index in [0.717, 1.165) is 5.01 Å². The first-order valence-corrected chi connectivity index (χ1v) is 6.38. The van der Waals surface area contributed by atoms with Crippen molar-refractivity contribution in [3.05, 3.63) is 5.01 Å². The molecule has 0 atom stereocenters. The zero-order valence-electron chi connectivity index (χ0n) is 11.3. The number of aromatic nitrogens is 2. The molecule has 100 valence electrons. The van der Waals surface area contributed by atoms with Gasteiger partial charge in [-0.3, -0.25) is 14.5 Å². The lowest BCUT2D eigenvalue weighted by molar-refractivity contribution is -0.130. The summed E-state index contributed by atoms with van der Waals surface area (Å²) in [6, 6.07) is 0. The summed E-state index contributed by atoms with van der Waals surface area (Å²) in [5.74, 6) is -0.374. The van der Waals surface area contributed by atoms with Crippen LogP contribution < -0.4 is 10.2 Å². The summed E-state index contributed by atoms with van der Waals surface area (Å²) in [6.07, 6.45) is 0. The van der Waals surface area contributed by atoms with Crippen molar-refractivity contribution in [2.75, 3.05) is 18.5 Å². The number of rotatable bonds is 3. The quantitative estimate of drug-likeness (QED) is 0.888. The summed E-state index contributed by atoms with van der Waals surface area (Å²) in [6.45, 7) is 7.17. The summed E-state index contributed by atoms with van der Waals surface area (Å²) < 4.78 is 0. The van der Waals surface area contributed by atoms with E-state index in [9.17, 15) is 9.59 Å². The van der Waals surface area contributed by atoms with E-state index in [4.69, 9.17) is 0 Å². The summed E-state index contributed by atoms with van der Waals surface area (Å²) in [7, 11) is 1.62. The van der Waals surface area contributed by atoms with Crippen LogP contribution in [0.3, 0.4) is 0 Å². The van der Waals surface area contributed by atoms with Gasteiger partial charge in [0.1, 0.15) is 5.01 Å². The Kier molecular flexibility index (Phi) is 4.39. The fourth-order valence-corrected chi connectivity index (χ4v) is 1.73. The third-order valence-corrected chi connectivity index (χ3v) is 3.17. The van der Waals surface area contributed by atoms with Gasteiger partial charge in [-0.2, -0.15) is 0 Å². The van der Waals surface area contributed by atoms with Crippen molar-refractivity contribution in [1.82, 2.24) is 15.5 Å². The van der Waals surface area contributed by atoms with E-state index < -0.39 is 5.41 Å². The van der Waals surface area contributed by atoms with Crippen LogP contribution in [-0.4, -0.2) is 35.6 Å². The molecule has 1 heterocycles. The molecule has 1 N–H and O–H groups in total. The molecule has 0 aliphatic heterocycles. The van der Waals surface area contributed by atoms with Crippen LogP contribution in [0.4, 0.5) is 5.13 Å². The fourth-order valence-electron chi connectivity index (χ4n) is 1.07. The maximum atomic E-state index is 11.8. The Bertz CT molecular complexity index is 450. The average Bonchev–Trinajstić information content (AvgIpc) is 2.69. The van der Waals surface area contributed by atoms with Crippen molar-refractivity contribution >= 4 is 28.3 Å². The molecule has 0 saturated heterocycles. The van der Waals surface area contributed by atoms with Crippen molar-refractivity contribution in [3.8, 4) is 0 Å². The highest BCUT2D eigenvalue weighted by Gasteiger charge is 2.22. The number of carbonyl (C=O) groups excluding carboxylic acids is 2. The molecule has 0 radical (unpaired) electrons. The summed E-state index contributed by atoms with van der Waals surface area (Å²) in [4.78, 5) is 24.9. The van der Waals surface area contributed by atoms with Crippen molar-refractivity contribution < 1.29 is 9.59 Å². The molecule has 2 amide bonds. The van der Waals surface area contributed by atoms with Crippen LogP contribution in [0, 0.1) is 12.3 Å². The summed E-state index contributed by atoms with van der Waals surface area (Å²) in [5.41, 5.74) is -0.502. The van der Waals surface area contributed by atoms with Crippen LogP contribution in [-0.2, 0) is 9.59 Å². The zero-order valence-corrected chi connectivity index (χ0v) is 12.1. The minimum atomic E-state index is -0.502. The molecule has 1 aromatic rings. The number of hydrogen-bond acceptors (Lipinski definition) is 5. The van der Waals surface area contributed by atoms with Gasteiger partial charge in [0, 0.05) is 12.5 Å². The van der Waals surface area contributed by atoms with Crippen molar-refractivity contribution in [2.24, 2.45) is 5.41 Å². The number of carbonyl (C=O) groups is 2. The number of anilines is 1. The molecule has 0 aliphatic rings. The normalized spacial score (nSPS) is 11.2. The Morgan fingerprint density at radius 1 is 1.33 bits per heavy atom. The Balaban J connectivity index is 2.54. The van der Waals surface area contributed by atoms with E-state index in [0.29, 0.717) is 5.13 Å². The Morgan fingerprint density at radius 3 is 2.39 bits per heavy atom. The van der Waals surface area contributed by atoms with Crippen LogP contribution in [0.15, 0.2) is 0 Å². The van der Waals surface area contributed by atoms with Crippen LogP contribution >= 0.6 is 11.3 Å². The largest absolute Gasteiger partial charge is 0.347 e. The Labute approximate surface area is 110 Å². The van der Waals surface area contributed by atoms with Gasteiger partial charge in [0.25, 0.3) is 0 Å². The molecule has 18 heavy (non-hydrogen) atoms. The van der Waals surface area contributed by atoms with Crippen LogP contribution in [0.25, 0.3) is 0 Å². The predicted molar refractivity (Wildman–Crippen MR) is 70.5 cm³/mol. The Morgan fingerprint density at radius 2 is 1.94 bits per heavy atom. The number of likely N-dealkylation sites (N-methyl/N-ethyl adjacent to an activating group) is 1. The first-order chi connectivity index (χ1) is 8.21. The molecule has 7 heteroatoms. The maximum absolute atomic E-state index is 11.8. The zero-order chi connectivity index (χ0) is 13.9. The third kappa shape index (κ3) is 3.76. The van der Waals surface area contributed by atoms with Gasteiger partial charge in [-0.25, -0.2) is 0 Å². The first kappa shape index (κ1) is 14.6. The maximum Gasteiger partial charge on any atom is 0.247 e. The molecule has 1 rings (SSSR count). The summed E-state index contributed by atoms with van der Waals surface area (Å²) in [5, 5.41) is 11.6. The molecule has 1 aromatic heterocycles. The van der Waals surface area contributed by atoms with Gasteiger partial charge in [0.2, 0.25) is 16.9 Å². The SMILES string of the molecule is Cc1nnc(N(C)C(=O)CNC(=O)C(C)(C)C)s1. The lowest BCUT2D eigenvalue weighted by Gasteiger charge is -2.19. The molecule has 0 aliphatic carbocycles. The molecule has 0 bridgehead atoms. The van der Waals surface area contributed by atoms with Gasteiger partial charge >= 0.3 is 0 Å². The molecule has 0 spiro atoms. The molecular formula is C11H18N4O2S. The monoisotopic (exact) mass is 270 g/mol. The predicted octanol–water partition coefficient (Wildman–Crippen LogP) is 0.972. The smallest absolute Gasteiger partial charge is 0.247 e. The van der Waals surface area contributed by atoms with Crippen molar-refractivity contribution in [1.29, 1.82) is 0 Å². The van der Waals surface area contributed by atoms with Gasteiger partial charge in [-0.05, 0) is 6.92 Å². The Hall–Kier alpha value is -1.50. The number of nitrogens with zero attached hydrogens (tertiary/aromatic N) is 3. The molecule has 0 fully saturated rings. The second-order valence-electron chi connectivity index (χ2n) is 4.99. The summed E-state index contributed by atoms with van der Waals surface area (Å²) >= 11 is 1.33. The van der Waals surface area contributed by atoms with E-state index >= 15 is 0 Å². The second-order valence-corrected chi connectivity index (χ2v) is 6.15. The number of nitrogens with one attached hydrogen (secondary N) is 1. The topological polar surface area (TPSA) is 75.2 Å². The lowest BCUT2D eigenvalue weighted by atomic mass is 9.96. The minimum Gasteiger partial charge on any atom is -0.347 e. The van der Waals surface area contributed by atoms with Crippen molar-refractivity contribution in [3.63, 3.8) is 0 Å².